The molecule has 0 aromatic carbocycles. The van der Waals surface area contributed by atoms with Crippen LogP contribution in [0.1, 0.15) is 26.7 Å². The van der Waals surface area contributed by atoms with Gasteiger partial charge >= 0.3 is 6.16 Å². The molecule has 3 nitrogen and oxygen atoms in total. The molecule has 0 aromatic heterocycles. The van der Waals surface area contributed by atoms with Crippen molar-refractivity contribution in [3.8, 4) is 0 Å². The molecule has 0 radical (unpaired) electrons. The van der Waals surface area contributed by atoms with Gasteiger partial charge in [0, 0.05) is 6.42 Å². The standard InChI is InChI=1S/C7H12F2O3/c1-3-7(2,4-5(8)9)12-6(10)11/h5H,3-4H2,1-2H3,(H,10,11). The summed E-state index contributed by atoms with van der Waals surface area (Å²) in [4.78, 5) is 10.1. The highest BCUT2D eigenvalue weighted by Gasteiger charge is 2.30. The van der Waals surface area contributed by atoms with E-state index in [9.17, 15) is 13.6 Å². The van der Waals surface area contributed by atoms with Crippen LogP contribution in [-0.2, 0) is 4.74 Å². The van der Waals surface area contributed by atoms with Crippen LogP contribution in [0.5, 0.6) is 0 Å². The van der Waals surface area contributed by atoms with Gasteiger partial charge in [-0.1, -0.05) is 6.92 Å². The molecule has 12 heavy (non-hydrogen) atoms. The van der Waals surface area contributed by atoms with Gasteiger partial charge in [-0.15, -0.1) is 0 Å². The third-order valence-electron chi connectivity index (χ3n) is 1.67. The van der Waals surface area contributed by atoms with Gasteiger partial charge < -0.3 is 9.84 Å². The molecular formula is C7H12F2O3. The minimum Gasteiger partial charge on any atom is -0.450 e. The summed E-state index contributed by atoms with van der Waals surface area (Å²) in [7, 11) is 0. The molecular weight excluding hydrogens is 170 g/mol. The summed E-state index contributed by atoms with van der Waals surface area (Å²) in [6.07, 6.45) is -4.38. The van der Waals surface area contributed by atoms with Crippen molar-refractivity contribution in [2.45, 2.75) is 38.7 Å². The molecule has 0 saturated carbocycles. The van der Waals surface area contributed by atoms with Crippen LogP contribution in [0, 0.1) is 0 Å². The molecule has 0 bridgehead atoms. The second-order valence-electron chi connectivity index (χ2n) is 2.77. The van der Waals surface area contributed by atoms with Gasteiger partial charge in [0.05, 0.1) is 0 Å². The normalized spacial score (nSPS) is 15.8. The van der Waals surface area contributed by atoms with Crippen LogP contribution in [0.25, 0.3) is 0 Å². The fraction of sp³-hybridized carbons (Fsp3) is 0.857. The first-order chi connectivity index (χ1) is 5.39. The topological polar surface area (TPSA) is 46.5 Å². The molecule has 0 aliphatic heterocycles. The minimum atomic E-state index is -2.55. The van der Waals surface area contributed by atoms with E-state index in [-0.39, 0.29) is 6.42 Å². The Kier molecular flexibility index (Phi) is 3.92. The number of carbonyl (C=O) groups is 1. The maximum Gasteiger partial charge on any atom is 0.506 e. The van der Waals surface area contributed by atoms with Crippen LogP contribution in [0.15, 0.2) is 0 Å². The summed E-state index contributed by atoms with van der Waals surface area (Å²) in [5.74, 6) is 0. The highest BCUT2D eigenvalue weighted by molar-refractivity contribution is 5.57. The molecule has 0 rings (SSSR count). The molecule has 0 fully saturated rings. The number of halogens is 2. The average molecular weight is 182 g/mol. The largest absolute Gasteiger partial charge is 0.506 e. The molecule has 1 N–H and O–H groups in total. The van der Waals surface area contributed by atoms with Gasteiger partial charge in [-0.3, -0.25) is 0 Å². The summed E-state index contributed by atoms with van der Waals surface area (Å²) in [6.45, 7) is 2.96. The van der Waals surface area contributed by atoms with Crippen LogP contribution in [-0.4, -0.2) is 23.3 Å². The van der Waals surface area contributed by atoms with E-state index in [2.05, 4.69) is 4.74 Å². The van der Waals surface area contributed by atoms with Crippen molar-refractivity contribution in [3.63, 3.8) is 0 Å². The second-order valence-corrected chi connectivity index (χ2v) is 2.77. The summed E-state index contributed by atoms with van der Waals surface area (Å²) in [5, 5.41) is 8.23. The van der Waals surface area contributed by atoms with E-state index in [4.69, 9.17) is 5.11 Å². The fourth-order valence-corrected chi connectivity index (χ4v) is 0.795. The Balaban J connectivity index is 4.13. The third-order valence-corrected chi connectivity index (χ3v) is 1.67. The van der Waals surface area contributed by atoms with Gasteiger partial charge in [0.25, 0.3) is 0 Å². The Hall–Kier alpha value is -0.870. The quantitative estimate of drug-likeness (QED) is 0.679. The van der Waals surface area contributed by atoms with Gasteiger partial charge in [0.15, 0.2) is 0 Å². The SMILES string of the molecule is CCC(C)(CC(F)F)OC(=O)O. The van der Waals surface area contributed by atoms with Gasteiger partial charge in [-0.25, -0.2) is 13.6 Å². The second kappa shape index (κ2) is 4.23. The van der Waals surface area contributed by atoms with Crippen LogP contribution < -0.4 is 0 Å². The monoisotopic (exact) mass is 182 g/mol. The number of rotatable bonds is 4. The van der Waals surface area contributed by atoms with Crippen LogP contribution in [0.2, 0.25) is 0 Å². The van der Waals surface area contributed by atoms with Gasteiger partial charge in [0.2, 0.25) is 6.43 Å². The van der Waals surface area contributed by atoms with E-state index in [0.717, 1.165) is 0 Å². The van der Waals surface area contributed by atoms with E-state index >= 15 is 0 Å². The predicted octanol–water partition coefficient (Wildman–Crippen LogP) is 2.50. The molecule has 1 unspecified atom stereocenters. The number of hydrogen-bond acceptors (Lipinski definition) is 2. The van der Waals surface area contributed by atoms with Crippen molar-refractivity contribution in [1.82, 2.24) is 0 Å². The van der Waals surface area contributed by atoms with Gasteiger partial charge in [0.1, 0.15) is 5.60 Å². The van der Waals surface area contributed by atoms with E-state index in [1.807, 2.05) is 0 Å². The first-order valence-corrected chi connectivity index (χ1v) is 3.59. The Bertz CT molecular complexity index is 161. The Labute approximate surface area is 69.3 Å². The summed E-state index contributed by atoms with van der Waals surface area (Å²) in [6, 6.07) is 0. The number of ether oxygens (including phenoxy) is 1. The molecule has 0 aliphatic rings. The van der Waals surface area contributed by atoms with Crippen LogP contribution in [0.3, 0.4) is 0 Å². The zero-order valence-corrected chi connectivity index (χ0v) is 7.01. The molecule has 0 amide bonds. The fourth-order valence-electron chi connectivity index (χ4n) is 0.795. The Morgan fingerprint density at radius 3 is 2.42 bits per heavy atom. The Morgan fingerprint density at radius 2 is 2.17 bits per heavy atom. The molecule has 0 aliphatic carbocycles. The molecule has 0 heterocycles. The van der Waals surface area contributed by atoms with E-state index in [1.165, 1.54) is 6.92 Å². The summed E-state index contributed by atoms with van der Waals surface area (Å²) < 4.78 is 28.1. The first kappa shape index (κ1) is 11.1. The summed E-state index contributed by atoms with van der Waals surface area (Å²) in [5.41, 5.74) is -1.26. The highest BCUT2D eigenvalue weighted by Crippen LogP contribution is 2.23. The lowest BCUT2D eigenvalue weighted by molar-refractivity contribution is -0.0454. The molecule has 5 heteroatoms. The van der Waals surface area contributed by atoms with E-state index < -0.39 is 24.6 Å². The molecule has 72 valence electrons. The molecule has 1 atom stereocenters. The van der Waals surface area contributed by atoms with Crippen molar-refractivity contribution in [1.29, 1.82) is 0 Å². The molecule has 0 aromatic rings. The smallest absolute Gasteiger partial charge is 0.450 e. The number of alkyl halides is 2. The van der Waals surface area contributed by atoms with Crippen molar-refractivity contribution >= 4 is 6.16 Å². The van der Waals surface area contributed by atoms with Crippen LogP contribution in [0.4, 0.5) is 13.6 Å². The lowest BCUT2D eigenvalue weighted by atomic mass is 9.99. The predicted molar refractivity (Wildman–Crippen MR) is 38.4 cm³/mol. The number of hydrogen-bond donors (Lipinski definition) is 1. The van der Waals surface area contributed by atoms with E-state index in [0.29, 0.717) is 0 Å². The zero-order chi connectivity index (χ0) is 9.78. The van der Waals surface area contributed by atoms with E-state index in [1.54, 1.807) is 6.92 Å². The van der Waals surface area contributed by atoms with Crippen LogP contribution >= 0.6 is 0 Å². The maximum absolute atomic E-state index is 11.9. The van der Waals surface area contributed by atoms with Gasteiger partial charge in [-0.05, 0) is 13.3 Å². The highest BCUT2D eigenvalue weighted by atomic mass is 19.3. The number of carboxylic acid groups (broad SMARTS) is 1. The van der Waals surface area contributed by atoms with Crippen molar-refractivity contribution < 1.29 is 23.4 Å². The molecule has 0 saturated heterocycles. The zero-order valence-electron chi connectivity index (χ0n) is 7.01. The lowest BCUT2D eigenvalue weighted by Crippen LogP contribution is -2.32. The maximum atomic E-state index is 11.9. The first-order valence-electron chi connectivity index (χ1n) is 3.59. The van der Waals surface area contributed by atoms with Crippen molar-refractivity contribution in [3.05, 3.63) is 0 Å². The minimum absolute atomic E-state index is 0.240. The van der Waals surface area contributed by atoms with Gasteiger partial charge in [-0.2, -0.15) is 0 Å². The van der Waals surface area contributed by atoms with Crippen molar-refractivity contribution in [2.75, 3.05) is 0 Å². The average Bonchev–Trinajstić information content (AvgIpc) is 1.83. The molecule has 0 spiro atoms. The van der Waals surface area contributed by atoms with Crippen molar-refractivity contribution in [2.24, 2.45) is 0 Å². The summed E-state index contributed by atoms with van der Waals surface area (Å²) >= 11 is 0. The third kappa shape index (κ3) is 4.10. The Morgan fingerprint density at radius 1 is 1.67 bits per heavy atom. The lowest BCUT2D eigenvalue weighted by Gasteiger charge is -2.25.